The summed E-state index contributed by atoms with van der Waals surface area (Å²) < 4.78 is 41.8. The van der Waals surface area contributed by atoms with Crippen molar-refractivity contribution in [2.75, 3.05) is 0 Å². The summed E-state index contributed by atoms with van der Waals surface area (Å²) >= 11 is 1.31. The highest BCUT2D eigenvalue weighted by Gasteiger charge is 2.31. The number of amides is 2. The summed E-state index contributed by atoms with van der Waals surface area (Å²) in [5.41, 5.74) is 1.63. The molecule has 4 N–H and O–H groups in total. The number of carboxylic acids is 1. The predicted octanol–water partition coefficient (Wildman–Crippen LogP) is 5.70. The summed E-state index contributed by atoms with van der Waals surface area (Å²) in [6.45, 7) is 7.39. The van der Waals surface area contributed by atoms with Gasteiger partial charge in [-0.25, -0.2) is 9.97 Å². The maximum atomic E-state index is 13.1. The van der Waals surface area contributed by atoms with Crippen LogP contribution in [-0.2, 0) is 21.4 Å². The van der Waals surface area contributed by atoms with Gasteiger partial charge in [0, 0.05) is 40.9 Å². The van der Waals surface area contributed by atoms with Gasteiger partial charge in [0.15, 0.2) is 5.82 Å². The van der Waals surface area contributed by atoms with E-state index in [1.807, 2.05) is 26.8 Å². The number of ether oxygens (including phenoxy) is 1. The number of alkyl halides is 3. The third kappa shape index (κ3) is 9.03. The van der Waals surface area contributed by atoms with Crippen molar-refractivity contribution in [3.8, 4) is 34.0 Å². The summed E-state index contributed by atoms with van der Waals surface area (Å²) in [5, 5.41) is 24.2. The number of carboxylic acid groups (broad SMARTS) is 1. The lowest BCUT2D eigenvalue weighted by Crippen LogP contribution is -2.51. The van der Waals surface area contributed by atoms with E-state index in [2.05, 4.69) is 25.3 Å². The van der Waals surface area contributed by atoms with Crippen LogP contribution in [0.15, 0.2) is 67.0 Å². The Morgan fingerprint density at radius 2 is 1.57 bits per heavy atom. The molecule has 0 saturated carbocycles. The molecule has 4 rings (SSSR count). The van der Waals surface area contributed by atoms with Gasteiger partial charge in [-0.1, -0.05) is 45.0 Å². The highest BCUT2D eigenvalue weighted by molar-refractivity contribution is 7.14. The first-order valence-corrected chi connectivity index (χ1v) is 14.8. The fourth-order valence-corrected chi connectivity index (χ4v) is 5.24. The normalized spacial score (nSPS) is 13.0. The third-order valence-electron chi connectivity index (χ3n) is 6.68. The number of carbonyl (C=O) groups is 3. The number of carbonyl (C=O) groups excluding carboxylic acids is 2. The molecule has 2 amide bonds. The number of nitrogens with one attached hydrogen (secondary N) is 2. The van der Waals surface area contributed by atoms with Crippen molar-refractivity contribution in [1.29, 1.82) is 0 Å². The number of nitrogens with zero attached hydrogens (tertiary/aromatic N) is 2. The number of thiophene rings is 1. The number of hydrogen-bond acceptors (Lipinski definition) is 8. The van der Waals surface area contributed by atoms with Crippen LogP contribution >= 0.6 is 11.3 Å². The average Bonchev–Trinajstić information content (AvgIpc) is 3.48. The van der Waals surface area contributed by atoms with Gasteiger partial charge in [-0.15, -0.1) is 24.5 Å². The molecule has 0 fully saturated rings. The maximum Gasteiger partial charge on any atom is 0.573 e. The quantitative estimate of drug-likeness (QED) is 0.170. The van der Waals surface area contributed by atoms with Gasteiger partial charge in [-0.05, 0) is 47.7 Å². The second-order valence-electron chi connectivity index (χ2n) is 11.5. The number of benzene rings is 2. The Morgan fingerprint density at radius 3 is 2.13 bits per heavy atom. The first-order chi connectivity index (χ1) is 21.5. The van der Waals surface area contributed by atoms with E-state index in [9.17, 15) is 37.8 Å². The smallest absolute Gasteiger partial charge is 0.508 e. The monoisotopic (exact) mass is 656 g/mol. The number of aromatic hydroxyl groups is 1. The molecular formula is C32H31F3N4O6S. The van der Waals surface area contributed by atoms with Crippen LogP contribution in [0.3, 0.4) is 0 Å². The second kappa shape index (κ2) is 13.6. The summed E-state index contributed by atoms with van der Waals surface area (Å²) in [5.74, 6) is -3.06. The number of phenols is 1. The lowest BCUT2D eigenvalue weighted by atomic mass is 9.95. The van der Waals surface area contributed by atoms with E-state index < -0.39 is 47.7 Å². The zero-order valence-corrected chi connectivity index (χ0v) is 26.0. The maximum absolute atomic E-state index is 13.1. The van der Waals surface area contributed by atoms with Gasteiger partial charge < -0.3 is 25.6 Å². The number of aromatic nitrogens is 2. The third-order valence-corrected chi connectivity index (χ3v) is 8.19. The Bertz CT molecular complexity index is 1720. The Balaban J connectivity index is 1.50. The summed E-state index contributed by atoms with van der Waals surface area (Å²) in [4.78, 5) is 47.5. The first kappa shape index (κ1) is 33.9. The molecular weight excluding hydrogens is 625 g/mol. The van der Waals surface area contributed by atoms with E-state index in [1.165, 1.54) is 36.7 Å². The van der Waals surface area contributed by atoms with Crippen molar-refractivity contribution in [2.45, 2.75) is 58.0 Å². The highest BCUT2D eigenvalue weighted by atomic mass is 32.1. The molecule has 0 bridgehead atoms. The zero-order valence-electron chi connectivity index (χ0n) is 25.2. The Morgan fingerprint density at radius 1 is 0.913 bits per heavy atom. The van der Waals surface area contributed by atoms with Crippen molar-refractivity contribution < 1.29 is 42.5 Å². The molecule has 0 aliphatic carbocycles. The molecule has 0 unspecified atom stereocenters. The van der Waals surface area contributed by atoms with Gasteiger partial charge in [-0.3, -0.25) is 14.4 Å². The van der Waals surface area contributed by atoms with Crippen LogP contribution in [0.1, 0.15) is 47.8 Å². The number of hydrogen-bond donors (Lipinski definition) is 4. The lowest BCUT2D eigenvalue weighted by molar-refractivity contribution is -0.274. The number of halogens is 3. The van der Waals surface area contributed by atoms with Crippen LogP contribution in [0.5, 0.6) is 11.5 Å². The second-order valence-corrected chi connectivity index (χ2v) is 12.6. The molecule has 0 spiro atoms. The van der Waals surface area contributed by atoms with Crippen molar-refractivity contribution >= 4 is 29.1 Å². The van der Waals surface area contributed by atoms with Crippen LogP contribution in [-0.4, -0.2) is 56.4 Å². The highest BCUT2D eigenvalue weighted by Crippen LogP contribution is 2.32. The van der Waals surface area contributed by atoms with Crippen molar-refractivity contribution in [3.63, 3.8) is 0 Å². The van der Waals surface area contributed by atoms with Gasteiger partial charge in [0.25, 0.3) is 5.91 Å². The van der Waals surface area contributed by atoms with Crippen LogP contribution in [0.4, 0.5) is 13.2 Å². The summed E-state index contributed by atoms with van der Waals surface area (Å²) in [7, 11) is 0. The van der Waals surface area contributed by atoms with Crippen LogP contribution in [0, 0.1) is 0 Å². The van der Waals surface area contributed by atoms with E-state index in [4.69, 9.17) is 0 Å². The number of aliphatic carboxylic acids is 1. The van der Waals surface area contributed by atoms with Crippen molar-refractivity contribution in [2.24, 2.45) is 0 Å². The Kier molecular flexibility index (Phi) is 10.00. The topological polar surface area (TPSA) is 151 Å². The zero-order chi connectivity index (χ0) is 33.8. The van der Waals surface area contributed by atoms with E-state index in [0.29, 0.717) is 27.4 Å². The molecule has 2 atom stereocenters. The molecule has 46 heavy (non-hydrogen) atoms. The minimum Gasteiger partial charge on any atom is -0.508 e. The molecule has 242 valence electrons. The van der Waals surface area contributed by atoms with Crippen LogP contribution in [0.25, 0.3) is 22.5 Å². The summed E-state index contributed by atoms with van der Waals surface area (Å²) in [6.07, 6.45) is -2.10. The molecule has 2 aromatic heterocycles. The van der Waals surface area contributed by atoms with Gasteiger partial charge >= 0.3 is 12.3 Å². The molecule has 14 heteroatoms. The van der Waals surface area contributed by atoms with E-state index in [1.54, 1.807) is 30.3 Å². The van der Waals surface area contributed by atoms with Crippen LogP contribution in [0.2, 0.25) is 0 Å². The predicted molar refractivity (Wildman–Crippen MR) is 164 cm³/mol. The number of rotatable bonds is 10. The molecule has 2 aromatic carbocycles. The minimum absolute atomic E-state index is 0.0569. The standard InChI is InChI=1S/C32H31F3N4O6S/c1-17(30(43)44)38-28(41)24(39-29(42)25-9-10-26(46-25)31(2,3)4)11-18-5-7-19(8-6-18)27-36-15-21(16-37-27)20-12-22(40)14-23(13-20)45-32(33,34)35/h5-10,12-17,24,40H,11H2,1-4H3,(H,38,41)(H,39,42)(H,43,44)/t17-,24+/m1/s1. The largest absolute Gasteiger partial charge is 0.573 e. The van der Waals surface area contributed by atoms with Gasteiger partial charge in [0.05, 0.1) is 4.88 Å². The molecule has 0 radical (unpaired) electrons. The summed E-state index contributed by atoms with van der Waals surface area (Å²) in [6, 6.07) is 11.3. The Hall–Kier alpha value is -4.98. The van der Waals surface area contributed by atoms with Gasteiger partial charge in [0.2, 0.25) is 5.91 Å². The molecule has 0 aliphatic rings. The molecule has 10 nitrogen and oxygen atoms in total. The van der Waals surface area contributed by atoms with E-state index in [0.717, 1.165) is 17.0 Å². The average molecular weight is 657 g/mol. The minimum atomic E-state index is -4.93. The van der Waals surface area contributed by atoms with E-state index in [-0.39, 0.29) is 17.4 Å². The fourth-order valence-electron chi connectivity index (χ4n) is 4.27. The molecule has 4 aromatic rings. The molecule has 0 saturated heterocycles. The van der Waals surface area contributed by atoms with Crippen molar-refractivity contribution in [3.05, 3.63) is 82.3 Å². The SMILES string of the molecule is C[C@@H](NC(=O)[C@H](Cc1ccc(-c2ncc(-c3cc(O)cc(OC(F)(F)F)c3)cn2)cc1)NC(=O)c1ccc(C(C)(C)C)s1)C(=O)O. The van der Waals surface area contributed by atoms with Gasteiger partial charge in [-0.2, -0.15) is 0 Å². The van der Waals surface area contributed by atoms with E-state index >= 15 is 0 Å². The first-order valence-electron chi connectivity index (χ1n) is 13.9. The molecule has 2 heterocycles. The van der Waals surface area contributed by atoms with Crippen molar-refractivity contribution in [1.82, 2.24) is 20.6 Å². The fraction of sp³-hybridized carbons (Fsp3) is 0.281. The van der Waals surface area contributed by atoms with Gasteiger partial charge in [0.1, 0.15) is 23.6 Å². The molecule has 0 aliphatic heterocycles. The number of phenolic OH excluding ortho intramolecular Hbond substituents is 1. The lowest BCUT2D eigenvalue weighted by Gasteiger charge is -2.20. The Labute approximate surface area is 266 Å². The van der Waals surface area contributed by atoms with Crippen LogP contribution < -0.4 is 15.4 Å².